The first-order valence-corrected chi connectivity index (χ1v) is 8.64. The van der Waals surface area contributed by atoms with Crippen LogP contribution >= 0.6 is 0 Å². The number of amides is 1. The molecule has 1 aliphatic rings. The van der Waals surface area contributed by atoms with Gasteiger partial charge in [-0.25, -0.2) is 12.7 Å². The van der Waals surface area contributed by atoms with Gasteiger partial charge in [0.1, 0.15) is 0 Å². The highest BCUT2D eigenvalue weighted by molar-refractivity contribution is 7.88. The van der Waals surface area contributed by atoms with E-state index in [0.717, 1.165) is 12.8 Å². The number of hydrogen-bond acceptors (Lipinski definition) is 4. The molecular formula is C12H25N3O3S. The van der Waals surface area contributed by atoms with Gasteiger partial charge in [-0.05, 0) is 32.6 Å². The molecule has 1 rings (SSSR count). The maximum absolute atomic E-state index is 11.7. The van der Waals surface area contributed by atoms with Crippen LogP contribution < -0.4 is 11.1 Å². The van der Waals surface area contributed by atoms with Crippen molar-refractivity contribution in [2.24, 2.45) is 5.73 Å². The van der Waals surface area contributed by atoms with Gasteiger partial charge in [-0.2, -0.15) is 0 Å². The average molecular weight is 291 g/mol. The summed E-state index contributed by atoms with van der Waals surface area (Å²) in [7, 11) is -3.09. The molecule has 1 aliphatic heterocycles. The van der Waals surface area contributed by atoms with Gasteiger partial charge >= 0.3 is 0 Å². The first-order chi connectivity index (χ1) is 8.79. The fourth-order valence-corrected chi connectivity index (χ4v) is 3.09. The summed E-state index contributed by atoms with van der Waals surface area (Å²) in [6.45, 7) is 2.91. The van der Waals surface area contributed by atoms with E-state index in [1.807, 2.05) is 6.92 Å². The molecule has 1 saturated heterocycles. The van der Waals surface area contributed by atoms with E-state index in [0.29, 0.717) is 32.4 Å². The van der Waals surface area contributed by atoms with Gasteiger partial charge in [0.05, 0.1) is 6.26 Å². The summed E-state index contributed by atoms with van der Waals surface area (Å²) in [6, 6.07) is 0.228. The van der Waals surface area contributed by atoms with E-state index < -0.39 is 10.0 Å². The quantitative estimate of drug-likeness (QED) is 0.723. The largest absolute Gasteiger partial charge is 0.353 e. The summed E-state index contributed by atoms with van der Waals surface area (Å²) in [6.07, 6.45) is 4.73. The highest BCUT2D eigenvalue weighted by atomic mass is 32.2. The molecule has 0 spiro atoms. The van der Waals surface area contributed by atoms with Crippen LogP contribution in [0.25, 0.3) is 0 Å². The standard InChI is InChI=1S/C12H25N3O3S/c1-10(13)4-3-5-12(16)14-11-6-8-15(9-7-11)19(2,17)18/h10-11H,3-9,13H2,1-2H3,(H,14,16). The summed E-state index contributed by atoms with van der Waals surface area (Å²) in [5.74, 6) is 0.0402. The van der Waals surface area contributed by atoms with E-state index in [1.54, 1.807) is 0 Å². The predicted molar refractivity (Wildman–Crippen MR) is 75.1 cm³/mol. The second-order valence-electron chi connectivity index (χ2n) is 5.37. The SMILES string of the molecule is CC(N)CCCC(=O)NC1CCN(S(C)(=O)=O)CC1. The number of rotatable bonds is 6. The molecule has 112 valence electrons. The summed E-state index contributed by atoms with van der Waals surface area (Å²) in [4.78, 5) is 11.7. The van der Waals surface area contributed by atoms with Crippen LogP contribution in [-0.4, -0.2) is 50.1 Å². The van der Waals surface area contributed by atoms with Gasteiger partial charge in [-0.3, -0.25) is 4.79 Å². The summed E-state index contributed by atoms with van der Waals surface area (Å²) in [5, 5.41) is 2.96. The van der Waals surface area contributed by atoms with E-state index in [1.165, 1.54) is 10.6 Å². The molecule has 0 aromatic carbocycles. The fraction of sp³-hybridized carbons (Fsp3) is 0.917. The van der Waals surface area contributed by atoms with Crippen LogP contribution in [0, 0.1) is 0 Å². The van der Waals surface area contributed by atoms with Crippen molar-refractivity contribution in [2.75, 3.05) is 19.3 Å². The topological polar surface area (TPSA) is 92.5 Å². The number of carbonyl (C=O) groups excluding carboxylic acids is 1. The molecule has 0 bridgehead atoms. The normalized spacial score (nSPS) is 20.2. The van der Waals surface area contributed by atoms with Crippen molar-refractivity contribution in [2.45, 2.75) is 51.1 Å². The van der Waals surface area contributed by atoms with Gasteiger partial charge in [0, 0.05) is 31.6 Å². The van der Waals surface area contributed by atoms with Crippen LogP contribution in [0.15, 0.2) is 0 Å². The van der Waals surface area contributed by atoms with Crippen molar-refractivity contribution in [1.82, 2.24) is 9.62 Å². The van der Waals surface area contributed by atoms with Crippen LogP contribution in [0.4, 0.5) is 0 Å². The minimum atomic E-state index is -3.09. The zero-order valence-corrected chi connectivity index (χ0v) is 12.6. The van der Waals surface area contributed by atoms with E-state index in [-0.39, 0.29) is 18.0 Å². The van der Waals surface area contributed by atoms with E-state index in [9.17, 15) is 13.2 Å². The average Bonchev–Trinajstić information content (AvgIpc) is 2.27. The van der Waals surface area contributed by atoms with Gasteiger partial charge in [0.15, 0.2) is 0 Å². The molecule has 0 radical (unpaired) electrons. The van der Waals surface area contributed by atoms with Crippen molar-refractivity contribution >= 4 is 15.9 Å². The maximum Gasteiger partial charge on any atom is 0.220 e. The lowest BCUT2D eigenvalue weighted by Crippen LogP contribution is -2.46. The number of piperidine rings is 1. The number of nitrogens with two attached hydrogens (primary N) is 1. The molecule has 1 fully saturated rings. The number of carbonyl (C=O) groups is 1. The first kappa shape index (κ1) is 16.4. The van der Waals surface area contributed by atoms with E-state index in [2.05, 4.69) is 5.32 Å². The molecule has 0 saturated carbocycles. The van der Waals surface area contributed by atoms with Crippen LogP contribution in [0.1, 0.15) is 39.0 Å². The third-order valence-corrected chi connectivity index (χ3v) is 4.65. The Bertz CT molecular complexity index is 387. The number of nitrogens with one attached hydrogen (secondary N) is 1. The van der Waals surface area contributed by atoms with Crippen molar-refractivity contribution in [1.29, 1.82) is 0 Å². The first-order valence-electron chi connectivity index (χ1n) is 6.79. The van der Waals surface area contributed by atoms with Crippen molar-refractivity contribution < 1.29 is 13.2 Å². The number of nitrogens with zero attached hydrogens (tertiary/aromatic N) is 1. The van der Waals surface area contributed by atoms with Crippen LogP contribution in [0.3, 0.4) is 0 Å². The Kier molecular flexibility index (Phi) is 6.22. The van der Waals surface area contributed by atoms with Gasteiger partial charge in [0.25, 0.3) is 0 Å². The van der Waals surface area contributed by atoms with Crippen molar-refractivity contribution in [3.63, 3.8) is 0 Å². The summed E-state index contributed by atoms with van der Waals surface area (Å²) >= 11 is 0. The van der Waals surface area contributed by atoms with Crippen molar-refractivity contribution in [3.8, 4) is 0 Å². The van der Waals surface area contributed by atoms with Gasteiger partial charge in [-0.1, -0.05) is 0 Å². The predicted octanol–water partition coefficient (Wildman–Crippen LogP) is 0.0441. The minimum Gasteiger partial charge on any atom is -0.353 e. The molecule has 6 nitrogen and oxygen atoms in total. The maximum atomic E-state index is 11.7. The van der Waals surface area contributed by atoms with Gasteiger partial charge in [0.2, 0.25) is 15.9 Å². The lowest BCUT2D eigenvalue weighted by Gasteiger charge is -2.30. The Labute approximate surface area is 115 Å². The Morgan fingerprint density at radius 3 is 2.47 bits per heavy atom. The molecular weight excluding hydrogens is 266 g/mol. The highest BCUT2D eigenvalue weighted by Crippen LogP contribution is 2.13. The fourth-order valence-electron chi connectivity index (χ4n) is 2.22. The molecule has 1 unspecified atom stereocenters. The van der Waals surface area contributed by atoms with E-state index >= 15 is 0 Å². The monoisotopic (exact) mass is 291 g/mol. The molecule has 19 heavy (non-hydrogen) atoms. The molecule has 3 N–H and O–H groups in total. The molecule has 1 heterocycles. The van der Waals surface area contributed by atoms with Crippen LogP contribution in [0.2, 0.25) is 0 Å². The van der Waals surface area contributed by atoms with Crippen molar-refractivity contribution in [3.05, 3.63) is 0 Å². The van der Waals surface area contributed by atoms with Crippen LogP contribution in [0.5, 0.6) is 0 Å². The third-order valence-electron chi connectivity index (χ3n) is 3.35. The Hall–Kier alpha value is -0.660. The lowest BCUT2D eigenvalue weighted by molar-refractivity contribution is -0.122. The van der Waals surface area contributed by atoms with Crippen LogP contribution in [-0.2, 0) is 14.8 Å². The second-order valence-corrected chi connectivity index (χ2v) is 7.36. The zero-order valence-electron chi connectivity index (χ0n) is 11.8. The molecule has 1 atom stereocenters. The van der Waals surface area contributed by atoms with Gasteiger partial charge in [-0.15, -0.1) is 0 Å². The Morgan fingerprint density at radius 2 is 2.00 bits per heavy atom. The zero-order chi connectivity index (χ0) is 14.5. The third kappa shape index (κ3) is 6.35. The summed E-state index contributed by atoms with van der Waals surface area (Å²) < 4.78 is 24.2. The molecule has 0 aromatic heterocycles. The Morgan fingerprint density at radius 1 is 1.42 bits per heavy atom. The Balaban J connectivity index is 2.24. The molecule has 0 aliphatic carbocycles. The van der Waals surface area contributed by atoms with Gasteiger partial charge < -0.3 is 11.1 Å². The second kappa shape index (κ2) is 7.21. The molecule has 7 heteroatoms. The lowest BCUT2D eigenvalue weighted by atomic mass is 10.1. The highest BCUT2D eigenvalue weighted by Gasteiger charge is 2.25. The number of sulfonamides is 1. The molecule has 0 aromatic rings. The summed E-state index contributed by atoms with van der Waals surface area (Å²) in [5.41, 5.74) is 5.62. The number of hydrogen-bond donors (Lipinski definition) is 2. The smallest absolute Gasteiger partial charge is 0.220 e. The van der Waals surface area contributed by atoms with E-state index in [4.69, 9.17) is 5.73 Å². The molecule has 1 amide bonds. The minimum absolute atomic E-state index is 0.0402.